The quantitative estimate of drug-likeness (QED) is 0.618. The highest BCUT2D eigenvalue weighted by Gasteiger charge is 2.48. The largest absolute Gasteiger partial charge is 0.486 e. The summed E-state index contributed by atoms with van der Waals surface area (Å²) in [5.41, 5.74) is 0.615. The highest BCUT2D eigenvalue weighted by atomic mass is 16.5. The molecule has 33 heavy (non-hydrogen) atoms. The predicted molar refractivity (Wildman–Crippen MR) is 122 cm³/mol. The number of ether oxygens (including phenoxy) is 2. The average molecular weight is 447 g/mol. The molecular weight excluding hydrogens is 422 g/mol. The van der Waals surface area contributed by atoms with Gasteiger partial charge in [-0.2, -0.15) is 0 Å². The number of aliphatic hydroxyl groups is 1. The van der Waals surface area contributed by atoms with Crippen LogP contribution in [0.3, 0.4) is 0 Å². The number of carbonyl (C=O) groups is 1. The van der Waals surface area contributed by atoms with Crippen molar-refractivity contribution in [3.8, 4) is 22.6 Å². The normalized spacial score (nSPS) is 21.2. The molecule has 170 valence electrons. The number of nitrogens with zero attached hydrogens (tertiary/aromatic N) is 1. The maximum Gasteiger partial charge on any atom is 0.268 e. The van der Waals surface area contributed by atoms with Gasteiger partial charge in [-0.05, 0) is 57.0 Å². The Balaban J connectivity index is 1.63. The molecule has 0 bridgehead atoms. The molecule has 1 N–H and O–H groups in total. The minimum absolute atomic E-state index is 0.0498. The Bertz CT molecular complexity index is 1350. The molecule has 5 rings (SSSR count). The molecule has 0 saturated heterocycles. The molecule has 0 radical (unpaired) electrons. The Morgan fingerprint density at radius 2 is 1.82 bits per heavy atom. The molecule has 2 unspecified atom stereocenters. The molecule has 1 amide bonds. The monoisotopic (exact) mass is 447 g/mol. The molecule has 2 heterocycles. The van der Waals surface area contributed by atoms with Crippen molar-refractivity contribution in [1.29, 1.82) is 0 Å². The maximum atomic E-state index is 13.3. The lowest BCUT2D eigenvalue weighted by Crippen LogP contribution is -2.53. The van der Waals surface area contributed by atoms with Gasteiger partial charge in [0, 0.05) is 17.7 Å². The number of hydrogen-bond donors (Lipinski definition) is 1. The van der Waals surface area contributed by atoms with Crippen LogP contribution < -0.4 is 20.3 Å². The first-order chi connectivity index (χ1) is 15.6. The summed E-state index contributed by atoms with van der Waals surface area (Å²) in [6, 6.07) is 11.8. The van der Waals surface area contributed by atoms with Gasteiger partial charge in [-0.1, -0.05) is 24.3 Å². The van der Waals surface area contributed by atoms with Crippen molar-refractivity contribution in [2.24, 2.45) is 0 Å². The minimum Gasteiger partial charge on any atom is -0.486 e. The van der Waals surface area contributed by atoms with E-state index in [1.807, 2.05) is 18.2 Å². The first-order valence-electron chi connectivity index (χ1n) is 11.0. The Hall–Kier alpha value is -3.45. The zero-order chi connectivity index (χ0) is 23.7. The number of hydrogen-bond acceptors (Lipinski definition) is 6. The van der Waals surface area contributed by atoms with Crippen LogP contribution >= 0.6 is 0 Å². The summed E-state index contributed by atoms with van der Waals surface area (Å²) in [5.74, 6) is 0.406. The lowest BCUT2D eigenvalue weighted by atomic mass is 9.84. The number of benzene rings is 2. The van der Waals surface area contributed by atoms with Gasteiger partial charge in [-0.3, -0.25) is 14.4 Å². The lowest BCUT2D eigenvalue weighted by Gasteiger charge is -2.45. The Morgan fingerprint density at radius 1 is 1.09 bits per heavy atom. The van der Waals surface area contributed by atoms with Gasteiger partial charge in [0.2, 0.25) is 5.43 Å². The molecule has 2 aliphatic heterocycles. The highest BCUT2D eigenvalue weighted by Crippen LogP contribution is 2.46. The maximum absolute atomic E-state index is 13.3. The molecule has 3 aromatic rings. The summed E-state index contributed by atoms with van der Waals surface area (Å²) in [6.07, 6.45) is -1.28. The van der Waals surface area contributed by atoms with Crippen molar-refractivity contribution in [3.63, 3.8) is 0 Å². The zero-order valence-corrected chi connectivity index (χ0v) is 18.9. The Kier molecular flexibility index (Phi) is 4.72. The summed E-state index contributed by atoms with van der Waals surface area (Å²) in [5, 5.41) is 11.3. The van der Waals surface area contributed by atoms with Gasteiger partial charge >= 0.3 is 0 Å². The van der Waals surface area contributed by atoms with Crippen LogP contribution in [0.1, 0.15) is 55.2 Å². The third-order valence-electron chi connectivity index (χ3n) is 6.41. The van der Waals surface area contributed by atoms with Crippen molar-refractivity contribution < 1.29 is 19.4 Å². The molecule has 0 spiro atoms. The van der Waals surface area contributed by atoms with Gasteiger partial charge in [0.1, 0.15) is 17.5 Å². The van der Waals surface area contributed by atoms with Crippen molar-refractivity contribution in [1.82, 2.24) is 4.90 Å². The van der Waals surface area contributed by atoms with Crippen LogP contribution in [0.4, 0.5) is 0 Å². The second kappa shape index (κ2) is 7.28. The van der Waals surface area contributed by atoms with Crippen LogP contribution in [-0.2, 0) is 6.54 Å². The van der Waals surface area contributed by atoms with E-state index in [4.69, 9.17) is 9.47 Å². The lowest BCUT2D eigenvalue weighted by molar-refractivity contribution is -0.0867. The van der Waals surface area contributed by atoms with Crippen LogP contribution in [0, 0.1) is 0 Å². The molecule has 0 saturated carbocycles. The summed E-state index contributed by atoms with van der Waals surface area (Å²) >= 11 is 0. The summed E-state index contributed by atoms with van der Waals surface area (Å²) in [7, 11) is 0. The number of carbonyl (C=O) groups excluding carboxylic acids is 1. The van der Waals surface area contributed by atoms with E-state index in [0.29, 0.717) is 29.0 Å². The Labute approximate surface area is 190 Å². The van der Waals surface area contributed by atoms with E-state index < -0.39 is 28.6 Å². The van der Waals surface area contributed by atoms with E-state index in [-0.39, 0.29) is 23.3 Å². The second-order valence-corrected chi connectivity index (χ2v) is 9.47. The fourth-order valence-electron chi connectivity index (χ4n) is 4.74. The number of rotatable bonds is 4. The SMILES string of the molecule is CC(C)Oc1c(-c2ccc3c(c2)C(N2Cc4ccccc4C2=O)C(O)C(C)(C)O3)c(=O)c1=O. The van der Waals surface area contributed by atoms with E-state index in [9.17, 15) is 19.5 Å². The van der Waals surface area contributed by atoms with Crippen molar-refractivity contribution in [2.75, 3.05) is 0 Å². The zero-order valence-electron chi connectivity index (χ0n) is 18.9. The first-order valence-corrected chi connectivity index (χ1v) is 11.0. The highest BCUT2D eigenvalue weighted by molar-refractivity contribution is 5.98. The minimum atomic E-state index is -1.02. The third-order valence-corrected chi connectivity index (χ3v) is 6.41. The van der Waals surface area contributed by atoms with Gasteiger partial charge in [0.05, 0.1) is 17.7 Å². The van der Waals surface area contributed by atoms with E-state index in [1.165, 1.54) is 0 Å². The molecule has 7 heteroatoms. The van der Waals surface area contributed by atoms with E-state index in [0.717, 1.165) is 5.56 Å². The topological polar surface area (TPSA) is 93.1 Å². The predicted octanol–water partition coefficient (Wildman–Crippen LogP) is 2.97. The van der Waals surface area contributed by atoms with E-state index in [2.05, 4.69) is 0 Å². The molecule has 2 aliphatic rings. The van der Waals surface area contributed by atoms with Crippen molar-refractivity contribution in [2.45, 2.75) is 58.1 Å². The van der Waals surface area contributed by atoms with Crippen molar-refractivity contribution in [3.05, 3.63) is 79.6 Å². The Morgan fingerprint density at radius 3 is 2.52 bits per heavy atom. The standard InChI is InChI=1S/C26H25NO6/c1-13(2)32-23-19(21(28)22(23)29)14-9-10-18-17(11-14)20(24(30)26(3,4)33-18)27-12-15-7-5-6-8-16(15)25(27)31/h5-11,13,20,24,30H,12H2,1-4H3. The summed E-state index contributed by atoms with van der Waals surface area (Å²) in [4.78, 5) is 39.4. The second-order valence-electron chi connectivity index (χ2n) is 9.47. The third kappa shape index (κ3) is 3.18. The van der Waals surface area contributed by atoms with Gasteiger partial charge in [-0.15, -0.1) is 0 Å². The molecule has 7 nitrogen and oxygen atoms in total. The molecule has 0 fully saturated rings. The summed E-state index contributed by atoms with van der Waals surface area (Å²) in [6.45, 7) is 7.48. The fraction of sp³-hybridized carbons (Fsp3) is 0.346. The van der Waals surface area contributed by atoms with Crippen LogP contribution in [0.15, 0.2) is 52.1 Å². The fourth-order valence-corrected chi connectivity index (χ4v) is 4.74. The van der Waals surface area contributed by atoms with Gasteiger partial charge in [-0.25, -0.2) is 0 Å². The molecular formula is C26H25NO6. The van der Waals surface area contributed by atoms with Crippen molar-refractivity contribution >= 4 is 5.91 Å². The van der Waals surface area contributed by atoms with E-state index in [1.54, 1.807) is 56.9 Å². The number of amides is 1. The number of aliphatic hydroxyl groups excluding tert-OH is 1. The van der Waals surface area contributed by atoms with Crippen LogP contribution in [0.5, 0.6) is 11.5 Å². The molecule has 2 atom stereocenters. The molecule has 3 aromatic carbocycles. The average Bonchev–Trinajstić information content (AvgIpc) is 3.10. The van der Waals surface area contributed by atoms with Gasteiger partial charge < -0.3 is 19.5 Å². The smallest absolute Gasteiger partial charge is 0.268 e. The first kappa shape index (κ1) is 21.4. The molecule has 0 aromatic heterocycles. The summed E-state index contributed by atoms with van der Waals surface area (Å²) < 4.78 is 11.7. The van der Waals surface area contributed by atoms with Crippen LogP contribution in [0.2, 0.25) is 0 Å². The van der Waals surface area contributed by atoms with Crippen LogP contribution in [-0.4, -0.2) is 33.7 Å². The number of fused-ring (bicyclic) bond motifs is 2. The molecule has 0 aliphatic carbocycles. The van der Waals surface area contributed by atoms with Gasteiger partial charge in [0.15, 0.2) is 5.75 Å². The van der Waals surface area contributed by atoms with E-state index >= 15 is 0 Å². The van der Waals surface area contributed by atoms with Crippen LogP contribution in [0.25, 0.3) is 11.1 Å². The van der Waals surface area contributed by atoms with Gasteiger partial charge in [0.25, 0.3) is 11.3 Å².